The first-order valence-electron chi connectivity index (χ1n) is 6.61. The van der Waals surface area contributed by atoms with Gasteiger partial charge in [0.25, 0.3) is 0 Å². The molecule has 1 unspecified atom stereocenters. The number of hydrogen-bond donors (Lipinski definition) is 2. The highest BCUT2D eigenvalue weighted by atomic mass is 15.2. The Morgan fingerprint density at radius 3 is 2.56 bits per heavy atom. The van der Waals surface area contributed by atoms with Crippen LogP contribution in [0, 0.1) is 5.92 Å². The van der Waals surface area contributed by atoms with Gasteiger partial charge in [0.2, 0.25) is 0 Å². The van der Waals surface area contributed by atoms with Crippen LogP contribution >= 0.6 is 0 Å². The number of hydrogen-bond acceptors (Lipinski definition) is 3. The Bertz CT molecular complexity index is 501. The minimum absolute atomic E-state index is 0.188. The average molecular weight is 243 g/mol. The van der Waals surface area contributed by atoms with Crippen molar-refractivity contribution in [3.63, 3.8) is 0 Å². The molecule has 0 aliphatic carbocycles. The molecule has 0 saturated carbocycles. The van der Waals surface area contributed by atoms with Crippen LogP contribution in [-0.2, 0) is 0 Å². The summed E-state index contributed by atoms with van der Waals surface area (Å²) < 4.78 is 0. The molecule has 96 valence electrons. The fourth-order valence-electron chi connectivity index (χ4n) is 2.63. The summed E-state index contributed by atoms with van der Waals surface area (Å²) in [5.41, 5.74) is 5.26. The van der Waals surface area contributed by atoms with Gasteiger partial charge in [-0.25, -0.2) is 0 Å². The van der Waals surface area contributed by atoms with Gasteiger partial charge in [-0.3, -0.25) is 16.3 Å². The van der Waals surface area contributed by atoms with Crippen molar-refractivity contribution in [3.8, 4) is 0 Å². The topological polar surface area (TPSA) is 50.9 Å². The molecule has 1 aromatic carbocycles. The number of benzene rings is 1. The lowest BCUT2D eigenvalue weighted by atomic mass is 9.88. The number of nitrogens with two attached hydrogens (primary N) is 1. The number of para-hydroxylation sites is 1. The molecule has 3 N–H and O–H groups in total. The Hall–Kier alpha value is -1.45. The number of rotatable bonds is 5. The molecule has 0 bridgehead atoms. The summed E-state index contributed by atoms with van der Waals surface area (Å²) in [7, 11) is 0. The molecule has 1 aromatic heterocycles. The van der Waals surface area contributed by atoms with Crippen molar-refractivity contribution >= 4 is 10.9 Å². The van der Waals surface area contributed by atoms with Crippen LogP contribution in [-0.4, -0.2) is 4.98 Å². The molecule has 3 heteroatoms. The van der Waals surface area contributed by atoms with E-state index in [-0.39, 0.29) is 6.04 Å². The van der Waals surface area contributed by atoms with Crippen LogP contribution in [0.2, 0.25) is 0 Å². The third-order valence-corrected chi connectivity index (χ3v) is 3.72. The second-order valence-corrected chi connectivity index (χ2v) is 4.64. The van der Waals surface area contributed by atoms with Crippen LogP contribution in [0.15, 0.2) is 36.5 Å². The lowest BCUT2D eigenvalue weighted by Gasteiger charge is -2.26. The molecule has 2 aromatic rings. The van der Waals surface area contributed by atoms with Gasteiger partial charge in [-0.05, 0) is 23.6 Å². The number of fused-ring (bicyclic) bond motifs is 1. The molecule has 18 heavy (non-hydrogen) atoms. The molecule has 1 heterocycles. The van der Waals surface area contributed by atoms with Gasteiger partial charge in [0, 0.05) is 17.6 Å². The normalized spacial score (nSPS) is 13.1. The van der Waals surface area contributed by atoms with Crippen LogP contribution in [0.3, 0.4) is 0 Å². The zero-order chi connectivity index (χ0) is 13.0. The third-order valence-electron chi connectivity index (χ3n) is 3.72. The molecule has 1 atom stereocenters. The lowest BCUT2D eigenvalue weighted by Crippen LogP contribution is -2.33. The highest BCUT2D eigenvalue weighted by Crippen LogP contribution is 2.30. The summed E-state index contributed by atoms with van der Waals surface area (Å²) in [4.78, 5) is 4.40. The molecule has 2 rings (SSSR count). The number of nitrogens with one attached hydrogen (secondary N) is 1. The van der Waals surface area contributed by atoms with Crippen LogP contribution in [0.25, 0.3) is 10.9 Å². The summed E-state index contributed by atoms with van der Waals surface area (Å²) >= 11 is 0. The van der Waals surface area contributed by atoms with Gasteiger partial charge in [0.1, 0.15) is 0 Å². The monoisotopic (exact) mass is 243 g/mol. The Balaban J connectivity index is 2.51. The highest BCUT2D eigenvalue weighted by molar-refractivity contribution is 5.82. The Labute approximate surface area is 108 Å². The summed E-state index contributed by atoms with van der Waals surface area (Å²) in [5.74, 6) is 6.32. The first-order chi connectivity index (χ1) is 8.81. The minimum atomic E-state index is 0.188. The van der Waals surface area contributed by atoms with Crippen LogP contribution in [0.1, 0.15) is 38.3 Å². The molecule has 3 nitrogen and oxygen atoms in total. The molecular formula is C15H21N3. The van der Waals surface area contributed by atoms with Gasteiger partial charge in [0.15, 0.2) is 0 Å². The van der Waals surface area contributed by atoms with Gasteiger partial charge in [0.05, 0.1) is 5.52 Å². The van der Waals surface area contributed by atoms with Gasteiger partial charge in [-0.2, -0.15) is 0 Å². The van der Waals surface area contributed by atoms with Crippen LogP contribution in [0.5, 0.6) is 0 Å². The average Bonchev–Trinajstić information content (AvgIpc) is 2.44. The van der Waals surface area contributed by atoms with E-state index in [0.29, 0.717) is 5.92 Å². The first-order valence-corrected chi connectivity index (χ1v) is 6.61. The van der Waals surface area contributed by atoms with Crippen LogP contribution in [0.4, 0.5) is 0 Å². The number of hydrazine groups is 1. The molecule has 0 amide bonds. The van der Waals surface area contributed by atoms with Crippen molar-refractivity contribution in [1.29, 1.82) is 0 Å². The van der Waals surface area contributed by atoms with Crippen molar-refractivity contribution in [2.24, 2.45) is 11.8 Å². The van der Waals surface area contributed by atoms with Crippen molar-refractivity contribution < 1.29 is 0 Å². The maximum absolute atomic E-state index is 5.78. The molecule has 0 radical (unpaired) electrons. The summed E-state index contributed by atoms with van der Waals surface area (Å²) in [6, 6.07) is 10.5. The zero-order valence-corrected chi connectivity index (χ0v) is 11.1. The molecule has 0 aliphatic heterocycles. The lowest BCUT2D eigenvalue weighted by molar-refractivity contribution is 0.347. The van der Waals surface area contributed by atoms with Gasteiger partial charge in [-0.1, -0.05) is 44.9 Å². The van der Waals surface area contributed by atoms with E-state index in [0.717, 1.165) is 18.4 Å². The standard InChI is InChI=1S/C15H21N3/c1-3-11(4-2)15(18-16)13-9-10-17-14-8-6-5-7-12(13)14/h5-11,15,18H,3-4,16H2,1-2H3. The largest absolute Gasteiger partial charge is 0.271 e. The van der Waals surface area contributed by atoms with Crippen molar-refractivity contribution in [3.05, 3.63) is 42.1 Å². The van der Waals surface area contributed by atoms with Gasteiger partial charge < -0.3 is 0 Å². The van der Waals surface area contributed by atoms with E-state index in [1.54, 1.807) is 0 Å². The molecule has 0 fully saturated rings. The summed E-state index contributed by atoms with van der Waals surface area (Å²) in [6.07, 6.45) is 4.09. The Kier molecular flexibility index (Phi) is 4.28. The minimum Gasteiger partial charge on any atom is -0.271 e. The SMILES string of the molecule is CCC(CC)C(NN)c1ccnc2ccccc12. The summed E-state index contributed by atoms with van der Waals surface area (Å²) in [5, 5.41) is 1.19. The molecule has 0 aliphatic rings. The van der Waals surface area contributed by atoms with Crippen LogP contribution < -0.4 is 11.3 Å². The van der Waals surface area contributed by atoms with E-state index in [2.05, 4.69) is 36.4 Å². The smallest absolute Gasteiger partial charge is 0.0705 e. The fourth-order valence-corrected chi connectivity index (χ4v) is 2.63. The Morgan fingerprint density at radius 1 is 1.17 bits per heavy atom. The number of nitrogens with zero attached hydrogens (tertiary/aromatic N) is 1. The van der Waals surface area contributed by atoms with E-state index in [1.165, 1.54) is 10.9 Å². The maximum Gasteiger partial charge on any atom is 0.0705 e. The summed E-state index contributed by atoms with van der Waals surface area (Å²) in [6.45, 7) is 4.42. The fraction of sp³-hybridized carbons (Fsp3) is 0.400. The first kappa shape index (κ1) is 13.0. The predicted molar refractivity (Wildman–Crippen MR) is 75.9 cm³/mol. The highest BCUT2D eigenvalue weighted by Gasteiger charge is 2.20. The quantitative estimate of drug-likeness (QED) is 0.626. The zero-order valence-electron chi connectivity index (χ0n) is 11.1. The van der Waals surface area contributed by atoms with Gasteiger partial charge >= 0.3 is 0 Å². The maximum atomic E-state index is 5.78. The second kappa shape index (κ2) is 5.94. The Morgan fingerprint density at radius 2 is 1.89 bits per heavy atom. The van der Waals surface area contributed by atoms with Gasteiger partial charge in [-0.15, -0.1) is 0 Å². The molecule has 0 spiro atoms. The van der Waals surface area contributed by atoms with E-state index < -0.39 is 0 Å². The van der Waals surface area contributed by atoms with E-state index in [9.17, 15) is 0 Å². The third kappa shape index (κ3) is 2.37. The second-order valence-electron chi connectivity index (χ2n) is 4.64. The predicted octanol–water partition coefficient (Wildman–Crippen LogP) is 3.18. The van der Waals surface area contributed by atoms with Crippen molar-refractivity contribution in [2.75, 3.05) is 0 Å². The van der Waals surface area contributed by atoms with E-state index in [1.807, 2.05) is 24.4 Å². The van der Waals surface area contributed by atoms with Crippen molar-refractivity contribution in [2.45, 2.75) is 32.7 Å². The van der Waals surface area contributed by atoms with E-state index in [4.69, 9.17) is 5.84 Å². The number of pyridine rings is 1. The molecular weight excluding hydrogens is 222 g/mol. The molecule has 0 saturated heterocycles. The number of aromatic nitrogens is 1. The van der Waals surface area contributed by atoms with Crippen molar-refractivity contribution in [1.82, 2.24) is 10.4 Å². The van der Waals surface area contributed by atoms with E-state index >= 15 is 0 Å².